The zero-order chi connectivity index (χ0) is 12.3. The molecule has 1 aliphatic rings. The van der Waals surface area contributed by atoms with Crippen molar-refractivity contribution in [3.63, 3.8) is 0 Å². The van der Waals surface area contributed by atoms with Gasteiger partial charge in [0.2, 0.25) is 0 Å². The van der Waals surface area contributed by atoms with E-state index in [1.54, 1.807) is 7.11 Å². The van der Waals surface area contributed by atoms with Crippen LogP contribution in [-0.4, -0.2) is 26.0 Å². The minimum Gasteiger partial charge on any atom is -0.497 e. The van der Waals surface area contributed by atoms with Crippen LogP contribution in [0.2, 0.25) is 0 Å². The van der Waals surface area contributed by atoms with Gasteiger partial charge in [0.25, 0.3) is 0 Å². The summed E-state index contributed by atoms with van der Waals surface area (Å²) in [5.41, 5.74) is 1.15. The Morgan fingerprint density at radius 3 is 3.06 bits per heavy atom. The van der Waals surface area contributed by atoms with E-state index in [4.69, 9.17) is 4.74 Å². The van der Waals surface area contributed by atoms with Crippen molar-refractivity contribution in [2.75, 3.05) is 25.1 Å². The number of hydrogen-bond donors (Lipinski definition) is 0. The van der Waals surface area contributed by atoms with Gasteiger partial charge in [0.15, 0.2) is 0 Å². The van der Waals surface area contributed by atoms with Crippen molar-refractivity contribution in [1.29, 1.82) is 0 Å². The number of benzene rings is 1. The maximum Gasteiger partial charge on any atom is 0.137 e. The summed E-state index contributed by atoms with van der Waals surface area (Å²) < 4.78 is 5.22. The number of ether oxygens (including phenoxy) is 1. The largest absolute Gasteiger partial charge is 0.497 e. The van der Waals surface area contributed by atoms with Crippen LogP contribution in [0.4, 0.5) is 5.69 Å². The van der Waals surface area contributed by atoms with Crippen molar-refractivity contribution in [2.45, 2.75) is 19.8 Å². The van der Waals surface area contributed by atoms with Crippen molar-refractivity contribution in [3.05, 3.63) is 24.3 Å². The molecule has 0 aromatic heterocycles. The van der Waals surface area contributed by atoms with E-state index >= 15 is 0 Å². The van der Waals surface area contributed by atoms with Gasteiger partial charge < -0.3 is 9.64 Å². The Labute approximate surface area is 102 Å². The van der Waals surface area contributed by atoms with Crippen LogP contribution in [0.25, 0.3) is 0 Å². The molecule has 0 radical (unpaired) electrons. The van der Waals surface area contributed by atoms with Gasteiger partial charge in [-0.3, -0.25) is 4.79 Å². The van der Waals surface area contributed by atoms with Crippen molar-refractivity contribution < 1.29 is 9.53 Å². The molecule has 2 rings (SSSR count). The average Bonchev–Trinajstić information content (AvgIpc) is 2.87. The molecule has 1 heterocycles. The number of ketones is 1. The van der Waals surface area contributed by atoms with Crippen molar-refractivity contribution >= 4 is 11.5 Å². The van der Waals surface area contributed by atoms with E-state index < -0.39 is 0 Å². The molecule has 0 N–H and O–H groups in total. The first-order chi connectivity index (χ1) is 8.24. The summed E-state index contributed by atoms with van der Waals surface area (Å²) in [5.74, 6) is 1.47. The smallest absolute Gasteiger partial charge is 0.137 e. The van der Waals surface area contributed by atoms with E-state index in [1.807, 2.05) is 25.1 Å². The van der Waals surface area contributed by atoms with Crippen LogP contribution in [0.5, 0.6) is 5.75 Å². The Morgan fingerprint density at radius 1 is 1.53 bits per heavy atom. The van der Waals surface area contributed by atoms with Gasteiger partial charge in [-0.1, -0.05) is 13.0 Å². The SMILES string of the molecule is CCC(=O)C1CCN(c2cccc(OC)c2)C1. The number of hydrogen-bond acceptors (Lipinski definition) is 3. The first-order valence-corrected chi connectivity index (χ1v) is 6.16. The highest BCUT2D eigenvalue weighted by molar-refractivity contribution is 5.82. The van der Waals surface area contributed by atoms with E-state index in [0.717, 1.165) is 30.9 Å². The lowest BCUT2D eigenvalue weighted by Gasteiger charge is -2.19. The van der Waals surface area contributed by atoms with Crippen molar-refractivity contribution in [1.82, 2.24) is 0 Å². The number of carbonyl (C=O) groups excluding carboxylic acids is 1. The summed E-state index contributed by atoms with van der Waals surface area (Å²) in [4.78, 5) is 13.9. The van der Waals surface area contributed by atoms with Gasteiger partial charge in [0.1, 0.15) is 11.5 Å². The Hall–Kier alpha value is -1.51. The van der Waals surface area contributed by atoms with Crippen LogP contribution >= 0.6 is 0 Å². The molecule has 92 valence electrons. The number of rotatable bonds is 4. The number of methoxy groups -OCH3 is 1. The molecule has 1 unspecified atom stereocenters. The Morgan fingerprint density at radius 2 is 2.35 bits per heavy atom. The fourth-order valence-electron chi connectivity index (χ4n) is 2.35. The van der Waals surface area contributed by atoms with Crippen LogP contribution in [0, 0.1) is 5.92 Å². The van der Waals surface area contributed by atoms with Gasteiger partial charge in [0, 0.05) is 37.2 Å². The maximum atomic E-state index is 11.7. The fraction of sp³-hybridized carbons (Fsp3) is 0.500. The van der Waals surface area contributed by atoms with Crippen LogP contribution in [0.3, 0.4) is 0 Å². The molecule has 0 amide bonds. The maximum absolute atomic E-state index is 11.7. The normalized spacial score (nSPS) is 19.4. The molecule has 1 atom stereocenters. The summed E-state index contributed by atoms with van der Waals surface area (Å²) >= 11 is 0. The molecule has 0 saturated carbocycles. The molecule has 1 fully saturated rings. The lowest BCUT2D eigenvalue weighted by Crippen LogP contribution is -2.22. The standard InChI is InChI=1S/C14H19NO2/c1-3-14(16)11-7-8-15(10-11)12-5-4-6-13(9-12)17-2/h4-6,9,11H,3,7-8,10H2,1-2H3. The highest BCUT2D eigenvalue weighted by Crippen LogP contribution is 2.27. The summed E-state index contributed by atoms with van der Waals surface area (Å²) in [6.07, 6.45) is 1.63. The Balaban J connectivity index is 2.07. The molecule has 1 aromatic carbocycles. The number of anilines is 1. The third-order valence-electron chi connectivity index (χ3n) is 3.41. The quantitative estimate of drug-likeness (QED) is 0.800. The van der Waals surface area contributed by atoms with Crippen LogP contribution in [0.15, 0.2) is 24.3 Å². The zero-order valence-electron chi connectivity index (χ0n) is 10.5. The van der Waals surface area contributed by atoms with Gasteiger partial charge >= 0.3 is 0 Å². The summed E-state index contributed by atoms with van der Waals surface area (Å²) in [5, 5.41) is 0. The average molecular weight is 233 g/mol. The highest BCUT2D eigenvalue weighted by atomic mass is 16.5. The van der Waals surface area contributed by atoms with E-state index in [1.165, 1.54) is 0 Å². The van der Waals surface area contributed by atoms with E-state index in [-0.39, 0.29) is 5.92 Å². The highest BCUT2D eigenvalue weighted by Gasteiger charge is 2.27. The molecule has 0 spiro atoms. The second kappa shape index (κ2) is 5.21. The molecular weight excluding hydrogens is 214 g/mol. The molecule has 3 nitrogen and oxygen atoms in total. The molecule has 17 heavy (non-hydrogen) atoms. The summed E-state index contributed by atoms with van der Waals surface area (Å²) in [6.45, 7) is 3.75. The van der Waals surface area contributed by atoms with Gasteiger partial charge in [-0.25, -0.2) is 0 Å². The minimum absolute atomic E-state index is 0.214. The Kier molecular flexibility index (Phi) is 3.67. The summed E-state index contributed by atoms with van der Waals surface area (Å²) in [7, 11) is 1.67. The second-order valence-corrected chi connectivity index (χ2v) is 4.45. The first kappa shape index (κ1) is 12.0. The lowest BCUT2D eigenvalue weighted by atomic mass is 10.0. The summed E-state index contributed by atoms with van der Waals surface area (Å²) in [6, 6.07) is 8.03. The van der Waals surface area contributed by atoms with E-state index in [9.17, 15) is 4.79 Å². The van der Waals surface area contributed by atoms with E-state index in [2.05, 4.69) is 11.0 Å². The molecule has 1 aliphatic heterocycles. The van der Waals surface area contributed by atoms with E-state index in [0.29, 0.717) is 12.2 Å². The van der Waals surface area contributed by atoms with Gasteiger partial charge in [-0.2, -0.15) is 0 Å². The predicted molar refractivity (Wildman–Crippen MR) is 68.6 cm³/mol. The molecule has 1 aromatic rings. The first-order valence-electron chi connectivity index (χ1n) is 6.16. The number of Topliss-reactive ketones (excluding diaryl/α,β-unsaturated/α-hetero) is 1. The fourth-order valence-corrected chi connectivity index (χ4v) is 2.35. The number of carbonyl (C=O) groups is 1. The topological polar surface area (TPSA) is 29.5 Å². The molecule has 3 heteroatoms. The lowest BCUT2D eigenvalue weighted by molar-refractivity contribution is -0.121. The van der Waals surface area contributed by atoms with Crippen LogP contribution in [0.1, 0.15) is 19.8 Å². The molecule has 0 bridgehead atoms. The minimum atomic E-state index is 0.214. The van der Waals surface area contributed by atoms with Crippen molar-refractivity contribution in [2.24, 2.45) is 5.92 Å². The molecule has 1 saturated heterocycles. The van der Waals surface area contributed by atoms with Crippen molar-refractivity contribution in [3.8, 4) is 5.75 Å². The third kappa shape index (κ3) is 2.60. The second-order valence-electron chi connectivity index (χ2n) is 4.45. The molecular formula is C14H19NO2. The number of nitrogens with zero attached hydrogens (tertiary/aromatic N) is 1. The molecule has 0 aliphatic carbocycles. The van der Waals surface area contributed by atoms with Gasteiger partial charge in [-0.15, -0.1) is 0 Å². The monoisotopic (exact) mass is 233 g/mol. The Bertz CT molecular complexity index is 403. The van der Waals surface area contributed by atoms with Gasteiger partial charge in [0.05, 0.1) is 7.11 Å². The predicted octanol–water partition coefficient (Wildman–Crippen LogP) is 2.50. The third-order valence-corrected chi connectivity index (χ3v) is 3.41. The van der Waals surface area contributed by atoms with Gasteiger partial charge in [-0.05, 0) is 18.6 Å². The van der Waals surface area contributed by atoms with Crippen LogP contribution in [-0.2, 0) is 4.79 Å². The van der Waals surface area contributed by atoms with Crippen LogP contribution < -0.4 is 9.64 Å². The zero-order valence-corrected chi connectivity index (χ0v) is 10.5.